The second-order valence-corrected chi connectivity index (χ2v) is 7.42. The van der Waals surface area contributed by atoms with E-state index in [1.807, 2.05) is 24.3 Å². The van der Waals surface area contributed by atoms with Crippen molar-refractivity contribution in [2.24, 2.45) is 5.73 Å². The molecule has 2 N–H and O–H groups in total. The number of thiophene rings is 1. The summed E-state index contributed by atoms with van der Waals surface area (Å²) in [6.45, 7) is 2.10. The van der Waals surface area contributed by atoms with E-state index >= 15 is 0 Å². The second-order valence-electron chi connectivity index (χ2n) is 4.93. The van der Waals surface area contributed by atoms with Crippen molar-refractivity contribution in [2.75, 3.05) is 11.9 Å². The molecule has 0 aliphatic carbocycles. The predicted molar refractivity (Wildman–Crippen MR) is 92.6 cm³/mol. The minimum Gasteiger partial charge on any atom is -0.365 e. The minimum atomic E-state index is 0.0520. The lowest BCUT2D eigenvalue weighted by molar-refractivity contribution is 0.516. The standard InChI is InChI=1S/C16H18BrN3S/c1-3-13(19)16(14-8-9-15(17)21-14)20(2)12-6-4-11(10-18)5-7-12/h4-9,13,16H,3,19H2,1-2H3. The summed E-state index contributed by atoms with van der Waals surface area (Å²) in [7, 11) is 2.05. The second kappa shape index (κ2) is 7.08. The lowest BCUT2D eigenvalue weighted by Crippen LogP contribution is -2.38. The van der Waals surface area contributed by atoms with Gasteiger partial charge in [-0.25, -0.2) is 0 Å². The van der Waals surface area contributed by atoms with Crippen LogP contribution in [0.3, 0.4) is 0 Å². The van der Waals surface area contributed by atoms with Gasteiger partial charge in [0.2, 0.25) is 0 Å². The predicted octanol–water partition coefficient (Wildman–Crippen LogP) is 4.30. The molecule has 0 spiro atoms. The first-order valence-electron chi connectivity index (χ1n) is 6.80. The van der Waals surface area contributed by atoms with Crippen molar-refractivity contribution in [3.8, 4) is 6.07 Å². The van der Waals surface area contributed by atoms with Crippen LogP contribution in [-0.2, 0) is 0 Å². The van der Waals surface area contributed by atoms with Crippen LogP contribution in [0, 0.1) is 11.3 Å². The van der Waals surface area contributed by atoms with Gasteiger partial charge in [0.25, 0.3) is 0 Å². The Balaban J connectivity index is 2.33. The Labute approximate surface area is 138 Å². The maximum absolute atomic E-state index is 8.90. The molecule has 21 heavy (non-hydrogen) atoms. The molecule has 1 aromatic carbocycles. The molecule has 2 unspecified atom stereocenters. The largest absolute Gasteiger partial charge is 0.365 e. The number of halogens is 1. The number of benzene rings is 1. The molecule has 0 saturated carbocycles. The first-order chi connectivity index (χ1) is 10.1. The van der Waals surface area contributed by atoms with Crippen LogP contribution in [0.4, 0.5) is 5.69 Å². The molecule has 1 aromatic heterocycles. The SMILES string of the molecule is CCC(N)C(c1ccc(Br)s1)N(C)c1ccc(C#N)cc1. The van der Waals surface area contributed by atoms with Crippen LogP contribution in [0.5, 0.6) is 0 Å². The van der Waals surface area contributed by atoms with E-state index in [-0.39, 0.29) is 12.1 Å². The highest BCUT2D eigenvalue weighted by Crippen LogP contribution is 2.35. The Morgan fingerprint density at radius 1 is 1.29 bits per heavy atom. The monoisotopic (exact) mass is 363 g/mol. The van der Waals surface area contributed by atoms with Crippen molar-refractivity contribution in [1.29, 1.82) is 5.26 Å². The molecule has 0 amide bonds. The average molecular weight is 364 g/mol. The van der Waals surface area contributed by atoms with Crippen LogP contribution in [0.2, 0.25) is 0 Å². The molecule has 5 heteroatoms. The molecule has 0 radical (unpaired) electrons. The summed E-state index contributed by atoms with van der Waals surface area (Å²) in [5, 5.41) is 8.90. The van der Waals surface area contributed by atoms with Crippen LogP contribution in [-0.4, -0.2) is 13.1 Å². The van der Waals surface area contributed by atoms with E-state index in [9.17, 15) is 0 Å². The summed E-state index contributed by atoms with van der Waals surface area (Å²) in [6.07, 6.45) is 0.904. The lowest BCUT2D eigenvalue weighted by atomic mass is 10.0. The fourth-order valence-electron chi connectivity index (χ4n) is 2.33. The molecule has 0 bridgehead atoms. The van der Waals surface area contributed by atoms with Crippen molar-refractivity contribution in [3.05, 3.63) is 50.6 Å². The first-order valence-corrected chi connectivity index (χ1v) is 8.41. The molecule has 2 rings (SSSR count). The zero-order valence-corrected chi connectivity index (χ0v) is 14.5. The van der Waals surface area contributed by atoms with Gasteiger partial charge in [-0.3, -0.25) is 0 Å². The zero-order chi connectivity index (χ0) is 15.4. The summed E-state index contributed by atoms with van der Waals surface area (Å²) < 4.78 is 1.11. The Hall–Kier alpha value is -1.35. The van der Waals surface area contributed by atoms with Gasteiger partial charge in [0.05, 0.1) is 21.5 Å². The van der Waals surface area contributed by atoms with Crippen LogP contribution >= 0.6 is 27.3 Å². The van der Waals surface area contributed by atoms with Gasteiger partial charge in [0, 0.05) is 23.7 Å². The number of hydrogen-bond donors (Lipinski definition) is 1. The van der Waals surface area contributed by atoms with Crippen molar-refractivity contribution in [2.45, 2.75) is 25.4 Å². The van der Waals surface area contributed by atoms with Gasteiger partial charge in [-0.15, -0.1) is 11.3 Å². The smallest absolute Gasteiger partial charge is 0.0991 e. The Morgan fingerprint density at radius 2 is 1.95 bits per heavy atom. The summed E-state index contributed by atoms with van der Waals surface area (Å²) >= 11 is 5.23. The van der Waals surface area contributed by atoms with Gasteiger partial charge in [-0.2, -0.15) is 5.26 Å². The van der Waals surface area contributed by atoms with Crippen molar-refractivity contribution < 1.29 is 0 Å². The van der Waals surface area contributed by atoms with Gasteiger partial charge < -0.3 is 10.6 Å². The Kier molecular flexibility index (Phi) is 5.40. The average Bonchev–Trinajstić information content (AvgIpc) is 2.93. The van der Waals surface area contributed by atoms with E-state index in [0.29, 0.717) is 5.56 Å². The van der Waals surface area contributed by atoms with Gasteiger partial charge in [-0.05, 0) is 58.7 Å². The van der Waals surface area contributed by atoms with E-state index in [0.717, 1.165) is 15.9 Å². The highest BCUT2D eigenvalue weighted by Gasteiger charge is 2.25. The van der Waals surface area contributed by atoms with E-state index in [1.54, 1.807) is 11.3 Å². The lowest BCUT2D eigenvalue weighted by Gasteiger charge is -2.33. The highest BCUT2D eigenvalue weighted by molar-refractivity contribution is 9.11. The maximum Gasteiger partial charge on any atom is 0.0991 e. The molecule has 2 atom stereocenters. The molecule has 2 aromatic rings. The van der Waals surface area contributed by atoms with E-state index < -0.39 is 0 Å². The molecular formula is C16H18BrN3S. The third kappa shape index (κ3) is 3.65. The number of nitrogens with zero attached hydrogens (tertiary/aromatic N) is 2. The molecule has 3 nitrogen and oxygen atoms in total. The number of rotatable bonds is 5. The van der Waals surface area contributed by atoms with E-state index in [4.69, 9.17) is 11.0 Å². The van der Waals surface area contributed by atoms with Crippen molar-refractivity contribution in [3.63, 3.8) is 0 Å². The third-order valence-electron chi connectivity index (χ3n) is 3.58. The van der Waals surface area contributed by atoms with Crippen molar-refractivity contribution in [1.82, 2.24) is 0 Å². The number of likely N-dealkylation sites (N-methyl/N-ethyl adjacent to an activating group) is 1. The van der Waals surface area contributed by atoms with Crippen LogP contribution in [0.1, 0.15) is 29.8 Å². The summed E-state index contributed by atoms with van der Waals surface area (Å²) in [6, 6.07) is 14.1. The quantitative estimate of drug-likeness (QED) is 0.861. The molecule has 110 valence electrons. The summed E-state index contributed by atoms with van der Waals surface area (Å²) in [5.41, 5.74) is 8.08. The molecule has 1 heterocycles. The van der Waals surface area contributed by atoms with Gasteiger partial charge in [0.15, 0.2) is 0 Å². The van der Waals surface area contributed by atoms with Gasteiger partial charge in [-0.1, -0.05) is 6.92 Å². The van der Waals surface area contributed by atoms with E-state index in [1.165, 1.54) is 4.88 Å². The molecule has 0 fully saturated rings. The minimum absolute atomic E-state index is 0.0520. The molecule has 0 saturated heterocycles. The van der Waals surface area contributed by atoms with Crippen LogP contribution in [0.15, 0.2) is 40.2 Å². The summed E-state index contributed by atoms with van der Waals surface area (Å²) in [4.78, 5) is 3.43. The first kappa shape index (κ1) is 16.0. The van der Waals surface area contributed by atoms with Gasteiger partial charge >= 0.3 is 0 Å². The fraction of sp³-hybridized carbons (Fsp3) is 0.312. The zero-order valence-electron chi connectivity index (χ0n) is 12.1. The topological polar surface area (TPSA) is 53.0 Å². The number of nitrogens with two attached hydrogens (primary N) is 1. The molecular weight excluding hydrogens is 346 g/mol. The van der Waals surface area contributed by atoms with Crippen LogP contribution in [0.25, 0.3) is 0 Å². The normalized spacial score (nSPS) is 13.5. The Morgan fingerprint density at radius 3 is 2.43 bits per heavy atom. The third-order valence-corrected chi connectivity index (χ3v) is 5.28. The van der Waals surface area contributed by atoms with E-state index in [2.05, 4.69) is 53.0 Å². The van der Waals surface area contributed by atoms with Crippen LogP contribution < -0.4 is 10.6 Å². The summed E-state index contributed by atoms with van der Waals surface area (Å²) in [5.74, 6) is 0. The number of nitriles is 1. The molecule has 0 aliphatic rings. The Bertz CT molecular complexity index is 630. The fourth-order valence-corrected chi connectivity index (χ4v) is 3.98. The highest BCUT2D eigenvalue weighted by atomic mass is 79.9. The number of hydrogen-bond acceptors (Lipinski definition) is 4. The maximum atomic E-state index is 8.90. The van der Waals surface area contributed by atoms with Crippen molar-refractivity contribution >= 4 is 33.0 Å². The van der Waals surface area contributed by atoms with Gasteiger partial charge in [0.1, 0.15) is 0 Å². The number of anilines is 1. The molecule has 0 aliphatic heterocycles.